The molecular formula is C16H20N4O. The summed E-state index contributed by atoms with van der Waals surface area (Å²) in [4.78, 5) is 0. The monoisotopic (exact) mass is 284 g/mol. The minimum atomic E-state index is 0.0768. The van der Waals surface area contributed by atoms with Crippen LogP contribution < -0.4 is 10.1 Å². The molecule has 2 aromatic rings. The highest BCUT2D eigenvalue weighted by Crippen LogP contribution is 2.18. The third-order valence-corrected chi connectivity index (χ3v) is 3.62. The third-order valence-electron chi connectivity index (χ3n) is 3.62. The van der Waals surface area contributed by atoms with E-state index in [2.05, 4.69) is 24.3 Å². The molecule has 0 aliphatic rings. The van der Waals surface area contributed by atoms with Crippen LogP contribution in [0.25, 0.3) is 0 Å². The molecule has 1 N–H and O–H groups in total. The van der Waals surface area contributed by atoms with E-state index in [0.717, 1.165) is 12.3 Å². The highest BCUT2D eigenvalue weighted by atomic mass is 16.5. The Bertz CT molecular complexity index is 625. The first-order valence-corrected chi connectivity index (χ1v) is 6.92. The number of aromatic nitrogens is 2. The number of nitriles is 1. The maximum absolute atomic E-state index is 8.48. The van der Waals surface area contributed by atoms with E-state index < -0.39 is 0 Å². The summed E-state index contributed by atoms with van der Waals surface area (Å²) in [6.45, 7) is 5.05. The van der Waals surface area contributed by atoms with Gasteiger partial charge in [-0.05, 0) is 31.5 Å². The first-order chi connectivity index (χ1) is 10.1. The Labute approximate surface area is 125 Å². The zero-order chi connectivity index (χ0) is 15.2. The van der Waals surface area contributed by atoms with E-state index in [4.69, 9.17) is 10.00 Å². The second-order valence-corrected chi connectivity index (χ2v) is 5.00. The Hall–Kier alpha value is -2.32. The smallest absolute Gasteiger partial charge is 0.174 e. The molecule has 0 aliphatic heterocycles. The molecule has 0 aliphatic carbocycles. The molecule has 1 atom stereocenters. The Morgan fingerprint density at radius 1 is 1.38 bits per heavy atom. The van der Waals surface area contributed by atoms with Crippen LogP contribution in [0.15, 0.2) is 30.5 Å². The SMILES string of the molecule is Cc1c(CNC(C)c2ccc(OCC#N)cc2)cnn1C. The topological polar surface area (TPSA) is 62.9 Å². The van der Waals surface area contributed by atoms with Gasteiger partial charge in [0.2, 0.25) is 0 Å². The molecule has 1 unspecified atom stereocenters. The van der Waals surface area contributed by atoms with Crippen molar-refractivity contribution in [2.75, 3.05) is 6.61 Å². The predicted molar refractivity (Wildman–Crippen MR) is 80.7 cm³/mol. The number of rotatable bonds is 6. The summed E-state index contributed by atoms with van der Waals surface area (Å²) in [7, 11) is 1.95. The Kier molecular flexibility index (Phi) is 4.96. The number of nitrogens with one attached hydrogen (secondary N) is 1. The third kappa shape index (κ3) is 3.83. The lowest BCUT2D eigenvalue weighted by Gasteiger charge is -2.14. The van der Waals surface area contributed by atoms with Gasteiger partial charge in [-0.25, -0.2) is 0 Å². The van der Waals surface area contributed by atoms with Crippen LogP contribution in [0.5, 0.6) is 5.75 Å². The predicted octanol–water partition coefficient (Wildman–Crippen LogP) is 2.48. The van der Waals surface area contributed by atoms with Crippen molar-refractivity contribution in [1.29, 1.82) is 5.26 Å². The van der Waals surface area contributed by atoms with Crippen molar-refractivity contribution in [3.63, 3.8) is 0 Å². The quantitative estimate of drug-likeness (QED) is 0.885. The Balaban J connectivity index is 1.92. The van der Waals surface area contributed by atoms with E-state index in [1.165, 1.54) is 16.8 Å². The molecule has 1 aromatic carbocycles. The maximum atomic E-state index is 8.48. The molecule has 0 amide bonds. The van der Waals surface area contributed by atoms with Gasteiger partial charge in [-0.3, -0.25) is 4.68 Å². The lowest BCUT2D eigenvalue weighted by atomic mass is 10.1. The summed E-state index contributed by atoms with van der Waals surface area (Å²) in [5, 5.41) is 16.2. The van der Waals surface area contributed by atoms with Crippen LogP contribution >= 0.6 is 0 Å². The average molecular weight is 284 g/mol. The fraction of sp³-hybridized carbons (Fsp3) is 0.375. The highest BCUT2D eigenvalue weighted by molar-refractivity contribution is 5.29. The van der Waals surface area contributed by atoms with Crippen molar-refractivity contribution >= 4 is 0 Å². The van der Waals surface area contributed by atoms with Crippen LogP contribution in [0.3, 0.4) is 0 Å². The van der Waals surface area contributed by atoms with E-state index in [9.17, 15) is 0 Å². The van der Waals surface area contributed by atoms with Crippen LogP contribution in [-0.4, -0.2) is 16.4 Å². The molecule has 0 spiro atoms. The molecule has 21 heavy (non-hydrogen) atoms. The average Bonchev–Trinajstić information content (AvgIpc) is 2.83. The Morgan fingerprint density at radius 2 is 2.10 bits per heavy atom. The summed E-state index contributed by atoms with van der Waals surface area (Å²) in [5.41, 5.74) is 3.56. The van der Waals surface area contributed by atoms with E-state index in [1.54, 1.807) is 0 Å². The van der Waals surface area contributed by atoms with Crippen molar-refractivity contribution in [3.05, 3.63) is 47.3 Å². The minimum absolute atomic E-state index is 0.0768. The van der Waals surface area contributed by atoms with Gasteiger partial charge in [0, 0.05) is 30.9 Å². The molecule has 1 aromatic heterocycles. The molecule has 0 radical (unpaired) electrons. The van der Waals surface area contributed by atoms with Gasteiger partial charge in [0.25, 0.3) is 0 Å². The van der Waals surface area contributed by atoms with Crippen LogP contribution in [0, 0.1) is 18.3 Å². The maximum Gasteiger partial charge on any atom is 0.174 e. The normalized spacial score (nSPS) is 11.9. The summed E-state index contributed by atoms with van der Waals surface area (Å²) in [5.74, 6) is 0.718. The first-order valence-electron chi connectivity index (χ1n) is 6.92. The van der Waals surface area contributed by atoms with Gasteiger partial charge < -0.3 is 10.1 Å². The lowest BCUT2D eigenvalue weighted by molar-refractivity contribution is 0.368. The zero-order valence-corrected chi connectivity index (χ0v) is 12.6. The van der Waals surface area contributed by atoms with Gasteiger partial charge in [-0.2, -0.15) is 10.4 Å². The zero-order valence-electron chi connectivity index (χ0n) is 12.6. The van der Waals surface area contributed by atoms with Crippen LogP contribution in [0.1, 0.15) is 29.8 Å². The number of hydrogen-bond acceptors (Lipinski definition) is 4. The van der Waals surface area contributed by atoms with E-state index in [1.807, 2.05) is 48.3 Å². The van der Waals surface area contributed by atoms with Gasteiger partial charge in [0.05, 0.1) is 6.20 Å². The Morgan fingerprint density at radius 3 is 2.67 bits per heavy atom. The molecule has 5 heteroatoms. The molecule has 0 fully saturated rings. The van der Waals surface area contributed by atoms with Gasteiger partial charge >= 0.3 is 0 Å². The summed E-state index contributed by atoms with van der Waals surface area (Å²) in [6, 6.07) is 9.99. The van der Waals surface area contributed by atoms with E-state index >= 15 is 0 Å². The van der Waals surface area contributed by atoms with Gasteiger partial charge in [0.1, 0.15) is 11.8 Å². The van der Waals surface area contributed by atoms with E-state index in [-0.39, 0.29) is 12.6 Å². The van der Waals surface area contributed by atoms with Gasteiger partial charge in [-0.15, -0.1) is 0 Å². The molecular weight excluding hydrogens is 264 g/mol. The number of nitrogens with zero attached hydrogens (tertiary/aromatic N) is 3. The van der Waals surface area contributed by atoms with Gasteiger partial charge in [0.15, 0.2) is 6.61 Å². The van der Waals surface area contributed by atoms with Crippen LogP contribution in [-0.2, 0) is 13.6 Å². The second kappa shape index (κ2) is 6.91. The number of benzene rings is 1. The van der Waals surface area contributed by atoms with Crippen molar-refractivity contribution in [1.82, 2.24) is 15.1 Å². The minimum Gasteiger partial charge on any atom is -0.479 e. The van der Waals surface area contributed by atoms with Gasteiger partial charge in [-0.1, -0.05) is 12.1 Å². The van der Waals surface area contributed by atoms with Crippen molar-refractivity contribution in [2.24, 2.45) is 7.05 Å². The molecule has 1 heterocycles. The second-order valence-electron chi connectivity index (χ2n) is 5.00. The molecule has 0 saturated heterocycles. The number of hydrogen-bond donors (Lipinski definition) is 1. The summed E-state index contributed by atoms with van der Waals surface area (Å²) >= 11 is 0. The summed E-state index contributed by atoms with van der Waals surface area (Å²) in [6.07, 6.45) is 1.90. The lowest BCUT2D eigenvalue weighted by Crippen LogP contribution is -2.18. The first kappa shape index (κ1) is 15.1. The van der Waals surface area contributed by atoms with Crippen molar-refractivity contribution in [3.8, 4) is 11.8 Å². The summed E-state index contributed by atoms with van der Waals surface area (Å²) < 4.78 is 7.12. The van der Waals surface area contributed by atoms with Crippen molar-refractivity contribution in [2.45, 2.75) is 26.4 Å². The fourth-order valence-electron chi connectivity index (χ4n) is 2.07. The molecule has 110 valence electrons. The fourth-order valence-corrected chi connectivity index (χ4v) is 2.07. The number of aryl methyl sites for hydroxylation is 1. The van der Waals surface area contributed by atoms with Crippen molar-refractivity contribution < 1.29 is 4.74 Å². The standard InChI is InChI=1S/C16H20N4O/c1-12(18-10-15-11-19-20(3)13(15)2)14-4-6-16(7-5-14)21-9-8-17/h4-7,11-12,18H,9-10H2,1-3H3. The number of ether oxygens (including phenoxy) is 1. The molecule has 2 rings (SSSR count). The van der Waals surface area contributed by atoms with Crippen LogP contribution in [0.2, 0.25) is 0 Å². The molecule has 5 nitrogen and oxygen atoms in total. The highest BCUT2D eigenvalue weighted by Gasteiger charge is 2.08. The molecule has 0 bridgehead atoms. The largest absolute Gasteiger partial charge is 0.479 e. The van der Waals surface area contributed by atoms with E-state index in [0.29, 0.717) is 0 Å². The molecule has 0 saturated carbocycles. The van der Waals surface area contributed by atoms with Crippen LogP contribution in [0.4, 0.5) is 0 Å².